The molecule has 0 spiro atoms. The number of benzene rings is 1. The van der Waals surface area contributed by atoms with Crippen LogP contribution in [0.5, 0.6) is 0 Å². The summed E-state index contributed by atoms with van der Waals surface area (Å²) in [4.78, 5) is 10.9. The Morgan fingerprint density at radius 2 is 1.69 bits per heavy atom. The zero-order valence-electron chi connectivity index (χ0n) is 14.1. The van der Waals surface area contributed by atoms with E-state index in [1.54, 1.807) is 6.92 Å². The molecule has 0 aromatic heterocycles. The van der Waals surface area contributed by atoms with Gasteiger partial charge in [0, 0.05) is 6.54 Å². The van der Waals surface area contributed by atoms with Crippen LogP contribution in [0.3, 0.4) is 0 Å². The molecule has 148 valence electrons. The van der Waals surface area contributed by atoms with Crippen LogP contribution in [-0.4, -0.2) is 17.6 Å². The zero-order chi connectivity index (χ0) is 20.1. The molecule has 1 aromatic rings. The normalized spacial score (nSPS) is 14.9. The zero-order valence-corrected chi connectivity index (χ0v) is 14.1. The lowest BCUT2D eigenvalue weighted by atomic mass is 9.91. The number of carbonyl (C=O) groups is 1. The van der Waals surface area contributed by atoms with E-state index in [1.807, 2.05) is 0 Å². The number of rotatable bonds is 8. The van der Waals surface area contributed by atoms with Crippen LogP contribution < -0.4 is 5.73 Å². The van der Waals surface area contributed by atoms with Gasteiger partial charge in [0.1, 0.15) is 0 Å². The van der Waals surface area contributed by atoms with Gasteiger partial charge in [0.05, 0.1) is 17.0 Å². The molecule has 0 saturated heterocycles. The average molecular weight is 385 g/mol. The molecule has 0 amide bonds. The Morgan fingerprint density at radius 1 is 1.12 bits per heavy atom. The maximum atomic E-state index is 12.9. The molecule has 9 heteroatoms. The minimum absolute atomic E-state index is 0.00643. The molecule has 0 fully saturated rings. The molecule has 3 N–H and O–H groups in total. The van der Waals surface area contributed by atoms with Gasteiger partial charge in [-0.25, -0.2) is 0 Å². The second-order valence-electron chi connectivity index (χ2n) is 6.38. The Morgan fingerprint density at radius 3 is 2.15 bits per heavy atom. The van der Waals surface area contributed by atoms with Crippen molar-refractivity contribution in [2.75, 3.05) is 6.54 Å². The molecule has 26 heavy (non-hydrogen) atoms. The Labute approximate surface area is 147 Å². The Hall–Kier alpha value is -1.77. The monoisotopic (exact) mass is 385 g/mol. The van der Waals surface area contributed by atoms with Crippen LogP contribution in [0.15, 0.2) is 18.2 Å². The van der Waals surface area contributed by atoms with Gasteiger partial charge in [0.25, 0.3) is 0 Å². The second kappa shape index (κ2) is 8.75. The number of hydrogen-bond donors (Lipinski definition) is 2. The molecule has 0 bridgehead atoms. The highest BCUT2D eigenvalue weighted by Crippen LogP contribution is 2.40. The summed E-state index contributed by atoms with van der Waals surface area (Å²) < 4.78 is 76.9. The van der Waals surface area contributed by atoms with Gasteiger partial charge < -0.3 is 10.8 Å². The molecule has 2 unspecified atom stereocenters. The predicted molar refractivity (Wildman–Crippen MR) is 83.3 cm³/mol. The Kier molecular flexibility index (Phi) is 7.49. The van der Waals surface area contributed by atoms with Crippen molar-refractivity contribution in [3.05, 3.63) is 34.9 Å². The molecule has 0 aliphatic heterocycles. The fraction of sp³-hybridized carbons (Fsp3) is 0.588. The number of carboxylic acid groups (broad SMARTS) is 1. The Bertz CT molecular complexity index is 612. The third-order valence-corrected chi connectivity index (χ3v) is 4.18. The molecule has 0 aliphatic carbocycles. The van der Waals surface area contributed by atoms with Gasteiger partial charge in [-0.05, 0) is 42.9 Å². The highest BCUT2D eigenvalue weighted by molar-refractivity contribution is 5.70. The van der Waals surface area contributed by atoms with E-state index in [2.05, 4.69) is 0 Å². The second-order valence-corrected chi connectivity index (χ2v) is 6.38. The van der Waals surface area contributed by atoms with Gasteiger partial charge >= 0.3 is 18.3 Å². The lowest BCUT2D eigenvalue weighted by Crippen LogP contribution is -2.25. The van der Waals surface area contributed by atoms with Crippen molar-refractivity contribution < 1.29 is 36.2 Å². The topological polar surface area (TPSA) is 63.3 Å². The van der Waals surface area contributed by atoms with Gasteiger partial charge in [-0.2, -0.15) is 26.3 Å². The van der Waals surface area contributed by atoms with Crippen LogP contribution >= 0.6 is 0 Å². The predicted octanol–water partition coefficient (Wildman–Crippen LogP) is 4.73. The summed E-state index contributed by atoms with van der Waals surface area (Å²) in [6.07, 6.45) is -8.69. The summed E-state index contributed by atoms with van der Waals surface area (Å²) >= 11 is 0. The summed E-state index contributed by atoms with van der Waals surface area (Å²) in [5.41, 5.74) is 2.14. The standard InChI is InChI=1S/C17H21F6NO2/c1-10(7-12(9-24)15(25)26)3-2-4-11-5-6-13(16(18,19)20)14(8-11)17(21,22)23/h5-6,8,10,12H,2-4,7,9,24H2,1H3,(H,25,26). The molecule has 0 heterocycles. The molecular weight excluding hydrogens is 364 g/mol. The summed E-state index contributed by atoms with van der Waals surface area (Å²) in [5.74, 6) is -1.71. The molecule has 0 radical (unpaired) electrons. The van der Waals surface area contributed by atoms with Crippen molar-refractivity contribution >= 4 is 5.97 Å². The number of alkyl halides is 6. The molecular formula is C17H21F6NO2. The van der Waals surface area contributed by atoms with E-state index >= 15 is 0 Å². The van der Waals surface area contributed by atoms with Crippen molar-refractivity contribution in [2.45, 2.75) is 45.0 Å². The van der Waals surface area contributed by atoms with Crippen molar-refractivity contribution in [3.8, 4) is 0 Å². The van der Waals surface area contributed by atoms with E-state index in [1.165, 1.54) is 0 Å². The lowest BCUT2D eigenvalue weighted by molar-refractivity contribution is -0.162. The van der Waals surface area contributed by atoms with Crippen molar-refractivity contribution in [2.24, 2.45) is 17.6 Å². The first kappa shape index (κ1) is 22.3. The lowest BCUT2D eigenvalue weighted by Gasteiger charge is -2.18. The molecule has 0 aliphatic rings. The summed E-state index contributed by atoms with van der Waals surface area (Å²) in [6.45, 7) is 1.80. The van der Waals surface area contributed by atoms with E-state index < -0.39 is 35.4 Å². The maximum absolute atomic E-state index is 12.9. The molecule has 3 nitrogen and oxygen atoms in total. The smallest absolute Gasteiger partial charge is 0.417 e. The fourth-order valence-corrected chi connectivity index (χ4v) is 2.78. The number of nitrogens with two attached hydrogens (primary N) is 1. The average Bonchev–Trinajstić information content (AvgIpc) is 2.50. The fourth-order valence-electron chi connectivity index (χ4n) is 2.78. The number of halogens is 6. The first-order chi connectivity index (χ1) is 11.9. The van der Waals surface area contributed by atoms with E-state index in [4.69, 9.17) is 10.8 Å². The third kappa shape index (κ3) is 6.51. The van der Waals surface area contributed by atoms with E-state index in [9.17, 15) is 31.1 Å². The van der Waals surface area contributed by atoms with E-state index in [0.29, 0.717) is 31.4 Å². The van der Waals surface area contributed by atoms with E-state index in [-0.39, 0.29) is 24.4 Å². The van der Waals surface area contributed by atoms with Gasteiger partial charge in [0.15, 0.2) is 0 Å². The van der Waals surface area contributed by atoms with E-state index in [0.717, 1.165) is 6.07 Å². The molecule has 2 atom stereocenters. The van der Waals surface area contributed by atoms with Crippen molar-refractivity contribution in [1.29, 1.82) is 0 Å². The van der Waals surface area contributed by atoms with Crippen LogP contribution in [0.1, 0.15) is 42.9 Å². The van der Waals surface area contributed by atoms with Gasteiger partial charge in [-0.3, -0.25) is 4.79 Å². The summed E-state index contributed by atoms with van der Waals surface area (Å²) in [7, 11) is 0. The first-order valence-electron chi connectivity index (χ1n) is 8.06. The van der Waals surface area contributed by atoms with Crippen LogP contribution in [0.4, 0.5) is 26.3 Å². The van der Waals surface area contributed by atoms with Crippen molar-refractivity contribution in [3.63, 3.8) is 0 Å². The summed E-state index contributed by atoms with van der Waals surface area (Å²) in [5, 5.41) is 8.95. The number of hydrogen-bond acceptors (Lipinski definition) is 2. The number of aryl methyl sites for hydroxylation is 1. The van der Waals surface area contributed by atoms with Crippen LogP contribution in [0.2, 0.25) is 0 Å². The van der Waals surface area contributed by atoms with Crippen LogP contribution in [0, 0.1) is 11.8 Å². The molecule has 1 rings (SSSR count). The number of carboxylic acids is 1. The summed E-state index contributed by atoms with van der Waals surface area (Å²) in [6, 6.07) is 2.03. The van der Waals surface area contributed by atoms with Gasteiger partial charge in [-0.15, -0.1) is 0 Å². The highest BCUT2D eigenvalue weighted by Gasteiger charge is 2.42. The maximum Gasteiger partial charge on any atom is 0.417 e. The Balaban J connectivity index is 2.76. The minimum Gasteiger partial charge on any atom is -0.481 e. The van der Waals surface area contributed by atoms with Crippen molar-refractivity contribution in [1.82, 2.24) is 0 Å². The van der Waals surface area contributed by atoms with Gasteiger partial charge in [-0.1, -0.05) is 19.4 Å². The minimum atomic E-state index is -5.09. The highest BCUT2D eigenvalue weighted by atomic mass is 19.4. The number of aliphatic carboxylic acids is 1. The molecule has 1 aromatic carbocycles. The van der Waals surface area contributed by atoms with Crippen LogP contribution in [0.25, 0.3) is 0 Å². The first-order valence-corrected chi connectivity index (χ1v) is 8.06. The molecule has 0 saturated carbocycles. The van der Waals surface area contributed by atoms with Gasteiger partial charge in [0.2, 0.25) is 0 Å². The quantitative estimate of drug-likeness (QED) is 0.636. The van der Waals surface area contributed by atoms with Crippen LogP contribution in [-0.2, 0) is 23.6 Å². The third-order valence-electron chi connectivity index (χ3n) is 4.18. The largest absolute Gasteiger partial charge is 0.481 e. The SMILES string of the molecule is CC(CCCc1ccc(C(F)(F)F)c(C(F)(F)F)c1)CC(CN)C(=O)O.